The van der Waals surface area contributed by atoms with Crippen LogP contribution in [0.15, 0.2) is 24.3 Å². The molecule has 2 N–H and O–H groups in total. The highest BCUT2D eigenvalue weighted by Gasteiger charge is 2.14. The first-order valence-corrected chi connectivity index (χ1v) is 5.56. The minimum Gasteiger partial charge on any atom is -0.360 e. The first-order valence-electron chi connectivity index (χ1n) is 5.56. The highest BCUT2D eigenvalue weighted by molar-refractivity contribution is 5.53. The molecule has 1 fully saturated rings. The van der Waals surface area contributed by atoms with E-state index < -0.39 is 0 Å². The topological polar surface area (TPSA) is 19.9 Å². The molecule has 2 rings (SSSR count). The van der Waals surface area contributed by atoms with Gasteiger partial charge in [0.25, 0.3) is 0 Å². The molecule has 1 aliphatic rings. The summed E-state index contributed by atoms with van der Waals surface area (Å²) in [7, 11) is 0. The molecule has 2 nitrogen and oxygen atoms in total. The summed E-state index contributed by atoms with van der Waals surface area (Å²) >= 11 is 0. The molecule has 0 atom stereocenters. The maximum atomic E-state index is 2.51. The zero-order valence-corrected chi connectivity index (χ0v) is 8.87. The molecule has 0 amide bonds. The Labute approximate surface area is 85.9 Å². The highest BCUT2D eigenvalue weighted by Crippen LogP contribution is 2.20. The molecule has 0 spiro atoms. The number of anilines is 1. The average Bonchev–Trinajstić information content (AvgIpc) is 2.30. The van der Waals surface area contributed by atoms with Gasteiger partial charge in [-0.05, 0) is 18.1 Å². The van der Waals surface area contributed by atoms with Crippen LogP contribution in [0.2, 0.25) is 0 Å². The van der Waals surface area contributed by atoms with Crippen LogP contribution in [0.1, 0.15) is 12.5 Å². The third kappa shape index (κ3) is 1.90. The van der Waals surface area contributed by atoms with Crippen molar-refractivity contribution in [2.45, 2.75) is 13.3 Å². The van der Waals surface area contributed by atoms with E-state index in [0.29, 0.717) is 0 Å². The third-order valence-electron chi connectivity index (χ3n) is 2.92. The van der Waals surface area contributed by atoms with E-state index in [9.17, 15) is 0 Å². The van der Waals surface area contributed by atoms with E-state index in [1.54, 1.807) is 0 Å². The smallest absolute Gasteiger partial charge is 0.0934 e. The molecule has 0 saturated carbocycles. The van der Waals surface area contributed by atoms with E-state index in [2.05, 4.69) is 41.4 Å². The number of aryl methyl sites for hydroxylation is 1. The quantitative estimate of drug-likeness (QED) is 0.727. The van der Waals surface area contributed by atoms with Gasteiger partial charge in [0.1, 0.15) is 0 Å². The molecular formula is C12H19N2+. The van der Waals surface area contributed by atoms with E-state index in [1.165, 1.54) is 37.4 Å². The van der Waals surface area contributed by atoms with E-state index in [4.69, 9.17) is 0 Å². The van der Waals surface area contributed by atoms with E-state index in [-0.39, 0.29) is 0 Å². The molecule has 1 heterocycles. The molecule has 1 aromatic carbocycles. The zero-order valence-electron chi connectivity index (χ0n) is 8.87. The maximum absolute atomic E-state index is 2.51. The number of benzene rings is 1. The van der Waals surface area contributed by atoms with Crippen LogP contribution >= 0.6 is 0 Å². The predicted octanol–water partition coefficient (Wildman–Crippen LogP) is 0.632. The van der Waals surface area contributed by atoms with Crippen LogP contribution in [0.3, 0.4) is 0 Å². The standard InChI is InChI=1S/C12H18N2/c1-2-11-5-3-4-6-12(11)14-9-7-13-8-10-14/h3-6,13H,2,7-10H2,1H3/p+1. The summed E-state index contributed by atoms with van der Waals surface area (Å²) in [6.07, 6.45) is 1.14. The van der Waals surface area contributed by atoms with E-state index in [1.807, 2.05) is 0 Å². The average molecular weight is 191 g/mol. The van der Waals surface area contributed by atoms with Crippen molar-refractivity contribution in [3.63, 3.8) is 0 Å². The Balaban J connectivity index is 2.20. The molecule has 0 radical (unpaired) electrons. The maximum Gasteiger partial charge on any atom is 0.0934 e. The van der Waals surface area contributed by atoms with Crippen molar-refractivity contribution in [2.24, 2.45) is 0 Å². The minimum atomic E-state index is 1.14. The van der Waals surface area contributed by atoms with Crippen LogP contribution in [0.5, 0.6) is 0 Å². The van der Waals surface area contributed by atoms with Gasteiger partial charge >= 0.3 is 0 Å². The van der Waals surface area contributed by atoms with Crippen molar-refractivity contribution in [3.8, 4) is 0 Å². The van der Waals surface area contributed by atoms with Gasteiger partial charge in [-0.15, -0.1) is 0 Å². The minimum absolute atomic E-state index is 1.14. The molecule has 0 unspecified atom stereocenters. The third-order valence-corrected chi connectivity index (χ3v) is 2.92. The molecular weight excluding hydrogens is 172 g/mol. The first-order chi connectivity index (χ1) is 6.92. The number of quaternary nitrogens is 1. The molecule has 1 aromatic rings. The van der Waals surface area contributed by atoms with Crippen molar-refractivity contribution in [2.75, 3.05) is 31.1 Å². The summed E-state index contributed by atoms with van der Waals surface area (Å²) in [5.41, 5.74) is 2.93. The Bertz CT molecular complexity index is 290. The second-order valence-corrected chi connectivity index (χ2v) is 3.84. The van der Waals surface area contributed by atoms with Gasteiger partial charge in [-0.2, -0.15) is 0 Å². The van der Waals surface area contributed by atoms with Crippen molar-refractivity contribution in [3.05, 3.63) is 29.8 Å². The SMILES string of the molecule is CCc1ccccc1N1CC[NH2+]CC1. The van der Waals surface area contributed by atoms with Crippen LogP contribution in [0, 0.1) is 0 Å². The Morgan fingerprint density at radius 1 is 1.21 bits per heavy atom. The first kappa shape index (κ1) is 9.53. The molecule has 76 valence electrons. The number of nitrogens with zero attached hydrogens (tertiary/aromatic N) is 1. The van der Waals surface area contributed by atoms with Crippen molar-refractivity contribution < 1.29 is 5.32 Å². The summed E-state index contributed by atoms with van der Waals surface area (Å²) in [6.45, 7) is 7.08. The fraction of sp³-hybridized carbons (Fsp3) is 0.500. The van der Waals surface area contributed by atoms with Gasteiger partial charge in [0.2, 0.25) is 0 Å². The largest absolute Gasteiger partial charge is 0.360 e. The second kappa shape index (κ2) is 4.47. The van der Waals surface area contributed by atoms with Gasteiger partial charge in [-0.25, -0.2) is 0 Å². The predicted molar refractivity (Wildman–Crippen MR) is 59.7 cm³/mol. The fourth-order valence-electron chi connectivity index (χ4n) is 2.11. The summed E-state index contributed by atoms with van der Waals surface area (Å²) in [5.74, 6) is 0. The van der Waals surface area contributed by atoms with Crippen LogP contribution in [-0.4, -0.2) is 26.2 Å². The van der Waals surface area contributed by atoms with E-state index >= 15 is 0 Å². The molecule has 1 saturated heterocycles. The highest BCUT2D eigenvalue weighted by atomic mass is 15.2. The lowest BCUT2D eigenvalue weighted by molar-refractivity contribution is -0.655. The fourth-order valence-corrected chi connectivity index (χ4v) is 2.11. The van der Waals surface area contributed by atoms with Crippen LogP contribution in [0.25, 0.3) is 0 Å². The van der Waals surface area contributed by atoms with Crippen LogP contribution in [-0.2, 0) is 6.42 Å². The summed E-state index contributed by atoms with van der Waals surface area (Å²) in [6, 6.07) is 8.78. The Morgan fingerprint density at radius 3 is 2.64 bits per heavy atom. The molecule has 14 heavy (non-hydrogen) atoms. The number of nitrogens with two attached hydrogens (primary N) is 1. The Hall–Kier alpha value is -1.02. The molecule has 2 heteroatoms. The van der Waals surface area contributed by atoms with Crippen LogP contribution < -0.4 is 10.2 Å². The molecule has 0 bridgehead atoms. The monoisotopic (exact) mass is 191 g/mol. The lowest BCUT2D eigenvalue weighted by atomic mass is 10.1. The van der Waals surface area contributed by atoms with Crippen LogP contribution in [0.4, 0.5) is 5.69 Å². The van der Waals surface area contributed by atoms with E-state index in [0.717, 1.165) is 6.42 Å². The van der Waals surface area contributed by atoms with Gasteiger partial charge < -0.3 is 10.2 Å². The summed E-state index contributed by atoms with van der Waals surface area (Å²) in [4.78, 5) is 2.51. The number of para-hydroxylation sites is 1. The van der Waals surface area contributed by atoms with Gasteiger partial charge in [-0.3, -0.25) is 0 Å². The van der Waals surface area contributed by atoms with Crippen molar-refractivity contribution in [1.82, 2.24) is 0 Å². The summed E-state index contributed by atoms with van der Waals surface area (Å²) in [5, 5.41) is 2.39. The lowest BCUT2D eigenvalue weighted by Gasteiger charge is -2.29. The lowest BCUT2D eigenvalue weighted by Crippen LogP contribution is -2.89. The molecule has 0 aromatic heterocycles. The second-order valence-electron chi connectivity index (χ2n) is 3.84. The molecule has 0 aliphatic carbocycles. The zero-order chi connectivity index (χ0) is 9.80. The van der Waals surface area contributed by atoms with Crippen molar-refractivity contribution >= 4 is 5.69 Å². The summed E-state index contributed by atoms with van der Waals surface area (Å²) < 4.78 is 0. The number of piperazine rings is 1. The number of hydrogen-bond acceptors (Lipinski definition) is 1. The van der Waals surface area contributed by atoms with Gasteiger partial charge in [0.05, 0.1) is 26.2 Å². The van der Waals surface area contributed by atoms with Gasteiger partial charge in [0.15, 0.2) is 0 Å². The Morgan fingerprint density at radius 2 is 1.93 bits per heavy atom. The Kier molecular flexibility index (Phi) is 3.04. The molecule has 1 aliphatic heterocycles. The van der Waals surface area contributed by atoms with Gasteiger partial charge in [0, 0.05) is 5.69 Å². The number of hydrogen-bond donors (Lipinski definition) is 1. The normalized spacial score (nSPS) is 17.1. The van der Waals surface area contributed by atoms with Crippen molar-refractivity contribution in [1.29, 1.82) is 0 Å². The number of rotatable bonds is 2. The van der Waals surface area contributed by atoms with Gasteiger partial charge in [-0.1, -0.05) is 25.1 Å².